The zero-order valence-corrected chi connectivity index (χ0v) is 48.5. The van der Waals surface area contributed by atoms with Crippen LogP contribution in [0.5, 0.6) is 0 Å². The number of rotatable bonds is 16. The summed E-state index contributed by atoms with van der Waals surface area (Å²) >= 11 is 0. The van der Waals surface area contributed by atoms with Crippen LogP contribution < -0.4 is 0 Å². The first-order valence-corrected chi connectivity index (χ1v) is 30.2. The van der Waals surface area contributed by atoms with Gasteiger partial charge in [0.05, 0.1) is 56.4 Å². The van der Waals surface area contributed by atoms with Crippen molar-refractivity contribution in [1.29, 1.82) is 0 Å². The van der Waals surface area contributed by atoms with Gasteiger partial charge in [0, 0.05) is 24.2 Å². The molecular weight excluding hydrogens is 1120 g/mol. The van der Waals surface area contributed by atoms with Gasteiger partial charge in [0.25, 0.3) is 0 Å². The molecule has 0 aromatic rings. The minimum atomic E-state index is -1.78. The van der Waals surface area contributed by atoms with Gasteiger partial charge in [-0.25, -0.2) is 0 Å². The molecule has 0 bridgehead atoms. The van der Waals surface area contributed by atoms with Gasteiger partial charge in [-0.3, -0.25) is 0 Å². The fourth-order valence-corrected chi connectivity index (χ4v) is 16.8. The van der Waals surface area contributed by atoms with Gasteiger partial charge >= 0.3 is 0 Å². The van der Waals surface area contributed by atoms with Gasteiger partial charge in [0.15, 0.2) is 37.2 Å². The summed E-state index contributed by atoms with van der Waals surface area (Å²) in [5, 5.41) is 172. The van der Waals surface area contributed by atoms with E-state index in [9.17, 15) is 81.7 Å². The minimum Gasteiger partial charge on any atom is -0.394 e. The molecule has 27 nitrogen and oxygen atoms in total. The van der Waals surface area contributed by atoms with E-state index in [2.05, 4.69) is 20.4 Å². The zero-order chi connectivity index (χ0) is 61.0. The van der Waals surface area contributed by atoms with Crippen molar-refractivity contribution in [3.8, 4) is 0 Å². The SMILES string of the molecule is C=C(CC[C@@]1(O)OC2CC3C4CCC5C[C@@H](OC6O[C@H](C)C(O[C@@H]7O[C@H](CO)[C@@H](O)[C@H](O)[C@H]7O)[C@@H](O)[C@H]6O)C[C@@H](OC6O[C@H](C)[C@@H](O[C@H]7O[C@H](C)[C@H](O)[C@@H](O)[C@H]7O)[C@@H](O)[C@H]6O)[C@]5(C)C4CCC3[C@]2(C)[C@@H]1C)COC1O[C@H](CO)[C@H](O)[C@H](O)[C@H]1O. The predicted molar refractivity (Wildman–Crippen MR) is 281 cm³/mol. The summed E-state index contributed by atoms with van der Waals surface area (Å²) in [6.45, 7) is 13.8. The van der Waals surface area contributed by atoms with E-state index >= 15 is 0 Å². The smallest absolute Gasteiger partial charge is 0.187 e. The molecule has 0 amide bonds. The highest BCUT2D eigenvalue weighted by Crippen LogP contribution is 2.71. The van der Waals surface area contributed by atoms with E-state index in [0.29, 0.717) is 24.8 Å². The van der Waals surface area contributed by atoms with Crippen molar-refractivity contribution in [2.45, 2.75) is 277 Å². The van der Waals surface area contributed by atoms with E-state index in [1.54, 1.807) is 13.8 Å². The number of fused-ring (bicyclic) bond motifs is 7. The molecule has 0 aromatic heterocycles. The molecule has 6 saturated heterocycles. The molecule has 16 N–H and O–H groups in total. The van der Waals surface area contributed by atoms with Crippen molar-refractivity contribution < 1.29 is 134 Å². The highest BCUT2D eigenvalue weighted by molar-refractivity contribution is 5.17. The summed E-state index contributed by atoms with van der Waals surface area (Å²) in [5.41, 5.74) is -0.465. The second-order valence-corrected chi connectivity index (χ2v) is 26.6. The Morgan fingerprint density at radius 2 is 0.964 bits per heavy atom. The molecular formula is C57H94O27. The Bertz CT molecular complexity index is 2220. The van der Waals surface area contributed by atoms with Gasteiger partial charge < -0.3 is 134 Å². The van der Waals surface area contributed by atoms with Crippen molar-refractivity contribution in [2.75, 3.05) is 19.8 Å². The molecule has 0 radical (unpaired) electrons. The molecule has 84 heavy (non-hydrogen) atoms. The first kappa shape index (κ1) is 65.6. The summed E-state index contributed by atoms with van der Waals surface area (Å²) in [6.07, 6.45) is -33.3. The lowest BCUT2D eigenvalue weighted by Crippen LogP contribution is -2.65. The summed E-state index contributed by atoms with van der Waals surface area (Å²) in [5.74, 6) is -1.28. The van der Waals surface area contributed by atoms with E-state index in [4.69, 9.17) is 52.1 Å². The van der Waals surface area contributed by atoms with Crippen LogP contribution in [-0.4, -0.2) is 279 Å². The highest BCUT2D eigenvalue weighted by Gasteiger charge is 2.71. The molecule has 27 heteroatoms. The predicted octanol–water partition coefficient (Wildman–Crippen LogP) is -4.16. The molecule has 10 fully saturated rings. The number of hydrogen-bond donors (Lipinski definition) is 16. The molecule has 4 saturated carbocycles. The molecule has 0 aromatic carbocycles. The fourth-order valence-electron chi connectivity index (χ4n) is 16.8. The van der Waals surface area contributed by atoms with Gasteiger partial charge in [0.2, 0.25) is 0 Å². The van der Waals surface area contributed by atoms with E-state index in [0.717, 1.165) is 25.7 Å². The van der Waals surface area contributed by atoms with Crippen LogP contribution in [0.1, 0.15) is 99.3 Å². The van der Waals surface area contributed by atoms with Crippen LogP contribution in [0.25, 0.3) is 0 Å². The molecule has 10 aliphatic rings. The topological polar surface area (TPSA) is 425 Å². The lowest BCUT2D eigenvalue weighted by molar-refractivity contribution is -0.370. The summed E-state index contributed by atoms with van der Waals surface area (Å²) in [4.78, 5) is 0. The van der Waals surface area contributed by atoms with Gasteiger partial charge in [0.1, 0.15) is 104 Å². The van der Waals surface area contributed by atoms with Crippen molar-refractivity contribution in [3.05, 3.63) is 12.2 Å². The Hall–Kier alpha value is -1.34. The standard InChI is InChI=1S/C57H94O27/c1-20(19-74-50-43(68)39(64)36(61)31(17-58)79-50)12-13-57(73)24(5)55(6)30-11-10-29-27(28(30)16-34(55)84-57)9-8-25-14-26(78-51-46(71)41(66)49(22(3)76-51)83-54-45(70)40(65)37(62)32(18-59)80-54)15-33(56(25,29)7)81-52-47(72)42(67)48(23(4)77-52)82-53-44(69)38(63)35(60)21(2)75-53/h21-54,58-73H,1,8-19H2,2-7H3/t21-,22-,23-,24+,25?,26-,27?,28?,29?,30?,31-,32-,33-,34?,35+,36+,37-,38-,39+,40+,41+,42+,43-,44-,45-,46-,47-,48-,49?,50?,51?,52?,53-,54+,55+,56+,57-/m1/s1. The van der Waals surface area contributed by atoms with Crippen molar-refractivity contribution >= 4 is 0 Å². The van der Waals surface area contributed by atoms with Crippen LogP contribution in [0, 0.1) is 46.3 Å². The third kappa shape index (κ3) is 11.5. The zero-order valence-electron chi connectivity index (χ0n) is 48.5. The molecule has 10 unspecified atom stereocenters. The van der Waals surface area contributed by atoms with Crippen LogP contribution in [-0.2, 0) is 52.1 Å². The minimum absolute atomic E-state index is 0.0543. The molecule has 6 aliphatic heterocycles. The average molecular weight is 1210 g/mol. The highest BCUT2D eigenvalue weighted by atomic mass is 16.8. The van der Waals surface area contributed by atoms with Gasteiger partial charge in [-0.1, -0.05) is 32.9 Å². The molecule has 37 atom stereocenters. The largest absolute Gasteiger partial charge is 0.394 e. The van der Waals surface area contributed by atoms with E-state index in [1.807, 2.05) is 6.92 Å². The number of ether oxygens (including phenoxy) is 11. The van der Waals surface area contributed by atoms with E-state index < -0.39 is 196 Å². The molecule has 4 aliphatic carbocycles. The lowest BCUT2D eigenvalue weighted by Gasteiger charge is -2.62. The first-order chi connectivity index (χ1) is 39.6. The average Bonchev–Trinajstić information content (AvgIpc) is 1.52. The normalized spacial score (nSPS) is 56.7. The number of hydrogen-bond acceptors (Lipinski definition) is 27. The number of aliphatic hydroxyl groups is 16. The van der Waals surface area contributed by atoms with Gasteiger partial charge in [-0.2, -0.15) is 0 Å². The Morgan fingerprint density at radius 1 is 0.488 bits per heavy atom. The van der Waals surface area contributed by atoms with Crippen LogP contribution in [0.4, 0.5) is 0 Å². The van der Waals surface area contributed by atoms with Crippen molar-refractivity contribution in [3.63, 3.8) is 0 Å². The van der Waals surface area contributed by atoms with Gasteiger partial charge in [-0.15, -0.1) is 0 Å². The molecule has 484 valence electrons. The number of aliphatic hydroxyl groups excluding tert-OH is 15. The maximum atomic E-state index is 12.3. The second kappa shape index (κ2) is 25.4. The Kier molecular flexibility index (Phi) is 19.8. The fraction of sp³-hybridized carbons (Fsp3) is 0.965. The third-order valence-corrected chi connectivity index (χ3v) is 22.1. The van der Waals surface area contributed by atoms with Gasteiger partial charge in [-0.05, 0) is 101 Å². The summed E-state index contributed by atoms with van der Waals surface area (Å²) < 4.78 is 67.2. The molecule has 6 heterocycles. The van der Waals surface area contributed by atoms with E-state index in [1.165, 1.54) is 6.92 Å². The van der Waals surface area contributed by atoms with Crippen molar-refractivity contribution in [2.24, 2.45) is 46.3 Å². The summed E-state index contributed by atoms with van der Waals surface area (Å²) in [6, 6.07) is 0. The Labute approximate surface area is 487 Å². The van der Waals surface area contributed by atoms with Crippen LogP contribution >= 0.6 is 0 Å². The monoisotopic (exact) mass is 1210 g/mol. The Morgan fingerprint density at radius 3 is 1.54 bits per heavy atom. The van der Waals surface area contributed by atoms with Crippen molar-refractivity contribution in [1.82, 2.24) is 0 Å². The maximum absolute atomic E-state index is 12.3. The third-order valence-electron chi connectivity index (χ3n) is 22.1. The maximum Gasteiger partial charge on any atom is 0.187 e. The quantitative estimate of drug-likeness (QED) is 0.0515. The van der Waals surface area contributed by atoms with Crippen LogP contribution in [0.2, 0.25) is 0 Å². The summed E-state index contributed by atoms with van der Waals surface area (Å²) in [7, 11) is 0. The van der Waals surface area contributed by atoms with E-state index in [-0.39, 0.29) is 61.1 Å². The lowest BCUT2D eigenvalue weighted by atomic mass is 9.45. The molecule has 10 rings (SSSR count). The van der Waals surface area contributed by atoms with Crippen LogP contribution in [0.15, 0.2) is 12.2 Å². The second-order valence-electron chi connectivity index (χ2n) is 26.6. The Balaban J connectivity index is 0.837. The first-order valence-electron chi connectivity index (χ1n) is 30.2. The molecule has 0 spiro atoms. The van der Waals surface area contributed by atoms with Crippen LogP contribution in [0.3, 0.4) is 0 Å².